The lowest BCUT2D eigenvalue weighted by molar-refractivity contribution is -0.383. The minimum Gasteiger partial charge on any atom is -0.332 e. The summed E-state index contributed by atoms with van der Waals surface area (Å²) >= 11 is 0.911. The van der Waals surface area contributed by atoms with Crippen LogP contribution in [0.4, 0.5) is 24.0 Å². The lowest BCUT2D eigenvalue weighted by Crippen LogP contribution is -2.51. The SMILES string of the molecule is CCNC1CC(CC2CCCC2)CCN1c1nc(=O)c2cc(C(F)(F)F)cc([N+](=O)[O-])c2s1. The Kier molecular flexibility index (Phi) is 6.90. The molecule has 0 amide bonds. The van der Waals surface area contributed by atoms with E-state index in [9.17, 15) is 28.1 Å². The molecule has 1 aliphatic carbocycles. The number of nitrogens with one attached hydrogen (secondary N) is 1. The van der Waals surface area contributed by atoms with Gasteiger partial charge in [0.1, 0.15) is 4.70 Å². The van der Waals surface area contributed by atoms with Crippen LogP contribution in [0.15, 0.2) is 16.9 Å². The molecule has 1 aromatic heterocycles. The van der Waals surface area contributed by atoms with E-state index in [1.165, 1.54) is 32.1 Å². The molecule has 0 bridgehead atoms. The Balaban J connectivity index is 1.68. The Bertz CT molecular complexity index is 1080. The number of nitro groups is 1. The summed E-state index contributed by atoms with van der Waals surface area (Å²) < 4.78 is 39.6. The van der Waals surface area contributed by atoms with Gasteiger partial charge in [-0.1, -0.05) is 43.9 Å². The number of nitro benzene ring substituents is 1. The van der Waals surface area contributed by atoms with Crippen LogP contribution in [-0.4, -0.2) is 29.2 Å². The van der Waals surface area contributed by atoms with E-state index in [1.807, 2.05) is 11.8 Å². The van der Waals surface area contributed by atoms with Crippen LogP contribution in [0, 0.1) is 22.0 Å². The van der Waals surface area contributed by atoms with Crippen molar-refractivity contribution in [2.45, 2.75) is 64.2 Å². The van der Waals surface area contributed by atoms with E-state index in [1.54, 1.807) is 0 Å². The molecule has 2 aromatic rings. The van der Waals surface area contributed by atoms with Crippen molar-refractivity contribution < 1.29 is 18.1 Å². The highest BCUT2D eigenvalue weighted by Gasteiger charge is 2.35. The molecule has 33 heavy (non-hydrogen) atoms. The van der Waals surface area contributed by atoms with E-state index in [0.717, 1.165) is 30.1 Å². The molecular weight excluding hydrogens is 457 g/mol. The first-order chi connectivity index (χ1) is 15.7. The van der Waals surface area contributed by atoms with Crippen LogP contribution in [-0.2, 0) is 6.18 Å². The van der Waals surface area contributed by atoms with Crippen LogP contribution in [0.3, 0.4) is 0 Å². The Morgan fingerprint density at radius 2 is 1.97 bits per heavy atom. The summed E-state index contributed by atoms with van der Waals surface area (Å²) in [6, 6.07) is 1.16. The van der Waals surface area contributed by atoms with Gasteiger partial charge in [-0.3, -0.25) is 20.2 Å². The van der Waals surface area contributed by atoms with E-state index in [-0.39, 0.29) is 16.3 Å². The fourth-order valence-electron chi connectivity index (χ4n) is 5.19. The summed E-state index contributed by atoms with van der Waals surface area (Å²) in [4.78, 5) is 29.4. The second-order valence-corrected chi connectivity index (χ2v) is 9.95. The van der Waals surface area contributed by atoms with Crippen LogP contribution in [0.25, 0.3) is 10.1 Å². The Labute approximate surface area is 193 Å². The smallest absolute Gasteiger partial charge is 0.332 e. The van der Waals surface area contributed by atoms with Gasteiger partial charge in [-0.05, 0) is 43.7 Å². The normalized spacial score (nSPS) is 22.2. The quantitative estimate of drug-likeness (QED) is 0.441. The van der Waals surface area contributed by atoms with Gasteiger partial charge in [-0.2, -0.15) is 18.2 Å². The fraction of sp³-hybridized carbons (Fsp3) is 0.636. The zero-order valence-electron chi connectivity index (χ0n) is 18.4. The molecule has 2 unspecified atom stereocenters. The molecule has 1 saturated carbocycles. The largest absolute Gasteiger partial charge is 0.416 e. The third-order valence-corrected chi connectivity index (χ3v) is 7.89. The summed E-state index contributed by atoms with van der Waals surface area (Å²) in [5, 5.41) is 14.9. The minimum atomic E-state index is -4.80. The number of aromatic nitrogens is 1. The molecule has 1 N–H and O–H groups in total. The molecule has 2 atom stereocenters. The summed E-state index contributed by atoms with van der Waals surface area (Å²) in [6.45, 7) is 3.32. The Morgan fingerprint density at radius 1 is 1.24 bits per heavy atom. The van der Waals surface area contributed by atoms with Gasteiger partial charge >= 0.3 is 6.18 Å². The fourth-order valence-corrected chi connectivity index (χ4v) is 6.33. The molecule has 11 heteroatoms. The van der Waals surface area contributed by atoms with Crippen molar-refractivity contribution in [2.75, 3.05) is 18.0 Å². The van der Waals surface area contributed by atoms with Crippen LogP contribution in [0.5, 0.6) is 0 Å². The molecule has 0 radical (unpaired) electrons. The molecular formula is C22H27F3N4O3S. The summed E-state index contributed by atoms with van der Waals surface area (Å²) in [5.74, 6) is 1.32. The van der Waals surface area contributed by atoms with E-state index in [2.05, 4.69) is 10.3 Å². The predicted molar refractivity (Wildman–Crippen MR) is 122 cm³/mol. The van der Waals surface area contributed by atoms with Gasteiger partial charge in [0, 0.05) is 12.6 Å². The van der Waals surface area contributed by atoms with Gasteiger partial charge in [0.15, 0.2) is 5.13 Å². The van der Waals surface area contributed by atoms with E-state index < -0.39 is 27.9 Å². The zero-order valence-corrected chi connectivity index (χ0v) is 19.2. The van der Waals surface area contributed by atoms with Gasteiger partial charge in [-0.25, -0.2) is 0 Å². The molecule has 2 heterocycles. The van der Waals surface area contributed by atoms with E-state index in [0.29, 0.717) is 36.3 Å². The molecule has 1 aliphatic heterocycles. The number of halogens is 3. The number of rotatable bonds is 6. The Morgan fingerprint density at radius 3 is 2.61 bits per heavy atom. The second-order valence-electron chi connectivity index (χ2n) is 8.97. The maximum atomic E-state index is 13.2. The van der Waals surface area contributed by atoms with Crippen LogP contribution < -0.4 is 15.8 Å². The lowest BCUT2D eigenvalue weighted by Gasteiger charge is -2.40. The molecule has 7 nitrogen and oxygen atoms in total. The summed E-state index contributed by atoms with van der Waals surface area (Å²) in [6.07, 6.45) is 3.26. The number of fused-ring (bicyclic) bond motifs is 1. The van der Waals surface area contributed by atoms with Crippen molar-refractivity contribution in [2.24, 2.45) is 11.8 Å². The molecule has 1 saturated heterocycles. The Hall–Kier alpha value is -2.27. The average Bonchev–Trinajstić information content (AvgIpc) is 3.25. The topological polar surface area (TPSA) is 88.4 Å². The number of anilines is 1. The van der Waals surface area contributed by atoms with Crippen LogP contribution in [0.2, 0.25) is 0 Å². The zero-order chi connectivity index (χ0) is 23.8. The van der Waals surface area contributed by atoms with E-state index in [4.69, 9.17) is 0 Å². The number of alkyl halides is 3. The van der Waals surface area contributed by atoms with Crippen molar-refractivity contribution in [3.8, 4) is 0 Å². The highest BCUT2D eigenvalue weighted by Crippen LogP contribution is 2.40. The first-order valence-electron chi connectivity index (χ1n) is 11.4. The standard InChI is InChI=1S/C22H27F3N4O3S/c1-2-26-18-10-14(9-13-5-3-4-6-13)7-8-28(18)21-27-20(30)16-11-15(22(23,24)25)12-17(29(31)32)19(16)33-21/h11-14,18,26H,2-10H2,1H3. The molecule has 2 fully saturated rings. The van der Waals surface area contributed by atoms with Crippen LogP contribution >= 0.6 is 11.3 Å². The maximum Gasteiger partial charge on any atom is 0.416 e. The molecule has 0 spiro atoms. The summed E-state index contributed by atoms with van der Waals surface area (Å²) in [5.41, 5.74) is -2.82. The molecule has 2 aliphatic rings. The van der Waals surface area contributed by atoms with Crippen LogP contribution in [0.1, 0.15) is 57.4 Å². The first-order valence-corrected chi connectivity index (χ1v) is 12.2. The number of non-ortho nitro benzene ring substituents is 1. The third kappa shape index (κ3) is 5.13. The van der Waals surface area contributed by atoms with Gasteiger partial charge < -0.3 is 4.90 Å². The minimum absolute atomic E-state index is 0.0775. The lowest BCUT2D eigenvalue weighted by atomic mass is 9.85. The predicted octanol–water partition coefficient (Wildman–Crippen LogP) is 5.32. The highest BCUT2D eigenvalue weighted by atomic mass is 32.1. The third-order valence-electron chi connectivity index (χ3n) is 6.75. The van der Waals surface area contributed by atoms with Gasteiger partial charge in [0.25, 0.3) is 11.2 Å². The number of hydrogen-bond acceptors (Lipinski definition) is 7. The van der Waals surface area contributed by atoms with Crippen molar-refractivity contribution in [1.29, 1.82) is 0 Å². The molecule has 1 aromatic carbocycles. The van der Waals surface area contributed by atoms with Crippen molar-refractivity contribution in [3.05, 3.63) is 38.2 Å². The van der Waals surface area contributed by atoms with Gasteiger partial charge in [0.2, 0.25) is 0 Å². The number of hydrogen-bond donors (Lipinski definition) is 1. The maximum absolute atomic E-state index is 13.2. The monoisotopic (exact) mass is 484 g/mol. The molecule has 180 valence electrons. The van der Waals surface area contributed by atoms with Gasteiger partial charge in [-0.15, -0.1) is 0 Å². The molecule has 4 rings (SSSR count). The number of nitrogens with zero attached hydrogens (tertiary/aromatic N) is 3. The van der Waals surface area contributed by atoms with Crippen molar-refractivity contribution in [1.82, 2.24) is 10.3 Å². The number of benzene rings is 1. The average molecular weight is 485 g/mol. The number of piperidine rings is 1. The summed E-state index contributed by atoms with van der Waals surface area (Å²) in [7, 11) is 0. The highest BCUT2D eigenvalue weighted by molar-refractivity contribution is 7.22. The first kappa shape index (κ1) is 23.9. The van der Waals surface area contributed by atoms with E-state index >= 15 is 0 Å². The second kappa shape index (κ2) is 9.54. The van der Waals surface area contributed by atoms with Gasteiger partial charge in [0.05, 0.1) is 22.0 Å². The van der Waals surface area contributed by atoms with Crippen molar-refractivity contribution >= 4 is 32.2 Å². The van der Waals surface area contributed by atoms with Crippen molar-refractivity contribution in [3.63, 3.8) is 0 Å².